The molecule has 0 saturated carbocycles. The first kappa shape index (κ1) is 9.92. The highest BCUT2D eigenvalue weighted by molar-refractivity contribution is 4.60. The van der Waals surface area contributed by atoms with Gasteiger partial charge in [-0.2, -0.15) is 0 Å². The van der Waals surface area contributed by atoms with Crippen LogP contribution in [0.25, 0.3) is 0 Å². The van der Waals surface area contributed by atoms with E-state index >= 15 is 0 Å². The van der Waals surface area contributed by atoms with E-state index in [0.717, 1.165) is 13.0 Å². The minimum Gasteiger partial charge on any atom is -0.393 e. The number of hydrogen-bond donors (Lipinski definition) is 1. The van der Waals surface area contributed by atoms with Crippen molar-refractivity contribution in [1.82, 2.24) is 0 Å². The predicted octanol–water partition coefficient (Wildman–Crippen LogP) is 1.43. The van der Waals surface area contributed by atoms with Crippen LogP contribution in [0.2, 0.25) is 0 Å². The molecule has 62 valence electrons. The first-order chi connectivity index (χ1) is 4.72. The lowest BCUT2D eigenvalue weighted by atomic mass is 10.0. The second kappa shape index (κ2) is 5.69. The van der Waals surface area contributed by atoms with Crippen LogP contribution in [0.1, 0.15) is 27.2 Å². The van der Waals surface area contributed by atoms with Crippen LogP contribution < -0.4 is 0 Å². The van der Waals surface area contributed by atoms with E-state index < -0.39 is 0 Å². The molecule has 1 N–H and O–H groups in total. The maximum atomic E-state index is 9.27. The highest BCUT2D eigenvalue weighted by Crippen LogP contribution is 2.06. The summed E-state index contributed by atoms with van der Waals surface area (Å²) in [5.41, 5.74) is 0. The van der Waals surface area contributed by atoms with E-state index in [1.807, 2.05) is 20.8 Å². The Morgan fingerprint density at radius 1 is 1.40 bits per heavy atom. The van der Waals surface area contributed by atoms with Crippen LogP contribution in [0, 0.1) is 5.92 Å². The molecule has 0 heterocycles. The molecular formula is C8H18O2. The van der Waals surface area contributed by atoms with E-state index in [9.17, 15) is 5.11 Å². The Labute approximate surface area is 63.2 Å². The molecule has 0 aliphatic carbocycles. The van der Waals surface area contributed by atoms with E-state index in [4.69, 9.17) is 4.74 Å². The number of ether oxygens (including phenoxy) is 1. The fraction of sp³-hybridized carbons (Fsp3) is 1.00. The van der Waals surface area contributed by atoms with Gasteiger partial charge in [0.2, 0.25) is 0 Å². The lowest BCUT2D eigenvalue weighted by Crippen LogP contribution is -2.21. The van der Waals surface area contributed by atoms with E-state index in [1.54, 1.807) is 0 Å². The van der Waals surface area contributed by atoms with Crippen LogP contribution in [-0.4, -0.2) is 24.4 Å². The lowest BCUT2D eigenvalue weighted by Gasteiger charge is -2.16. The molecule has 0 fully saturated rings. The summed E-state index contributed by atoms with van der Waals surface area (Å²) in [6, 6.07) is 0. The summed E-state index contributed by atoms with van der Waals surface area (Å²) in [4.78, 5) is 0. The fourth-order valence-corrected chi connectivity index (χ4v) is 0.817. The monoisotopic (exact) mass is 146 g/mol. The summed E-state index contributed by atoms with van der Waals surface area (Å²) in [6.45, 7) is 7.36. The molecule has 0 aliphatic heterocycles. The zero-order valence-electron chi connectivity index (χ0n) is 7.13. The average Bonchev–Trinajstić information content (AvgIpc) is 1.98. The van der Waals surface area contributed by atoms with Crippen molar-refractivity contribution in [3.63, 3.8) is 0 Å². The van der Waals surface area contributed by atoms with Gasteiger partial charge in [0.15, 0.2) is 0 Å². The van der Waals surface area contributed by atoms with E-state index in [0.29, 0.717) is 6.61 Å². The SMILES string of the molecule is CCOCC(C)C(O)CC. The Bertz CT molecular complexity index is 73.7. The van der Waals surface area contributed by atoms with Gasteiger partial charge < -0.3 is 9.84 Å². The van der Waals surface area contributed by atoms with Crippen LogP contribution >= 0.6 is 0 Å². The van der Waals surface area contributed by atoms with Crippen molar-refractivity contribution in [2.45, 2.75) is 33.3 Å². The maximum absolute atomic E-state index is 9.27. The average molecular weight is 146 g/mol. The molecule has 0 rings (SSSR count). The lowest BCUT2D eigenvalue weighted by molar-refractivity contribution is 0.0389. The normalized spacial score (nSPS) is 16.8. The van der Waals surface area contributed by atoms with Gasteiger partial charge in [0.25, 0.3) is 0 Å². The van der Waals surface area contributed by atoms with Crippen molar-refractivity contribution >= 4 is 0 Å². The molecule has 10 heavy (non-hydrogen) atoms. The van der Waals surface area contributed by atoms with Gasteiger partial charge in [-0.3, -0.25) is 0 Å². The molecule has 2 nitrogen and oxygen atoms in total. The topological polar surface area (TPSA) is 29.5 Å². The van der Waals surface area contributed by atoms with Crippen molar-refractivity contribution in [3.05, 3.63) is 0 Å². The molecule has 2 atom stereocenters. The van der Waals surface area contributed by atoms with Crippen molar-refractivity contribution < 1.29 is 9.84 Å². The van der Waals surface area contributed by atoms with Gasteiger partial charge in [-0.1, -0.05) is 13.8 Å². The van der Waals surface area contributed by atoms with Gasteiger partial charge >= 0.3 is 0 Å². The summed E-state index contributed by atoms with van der Waals surface area (Å²) in [5.74, 6) is 0.268. The first-order valence-corrected chi connectivity index (χ1v) is 3.98. The molecule has 0 amide bonds. The molecule has 0 aromatic carbocycles. The van der Waals surface area contributed by atoms with Crippen molar-refractivity contribution in [2.24, 2.45) is 5.92 Å². The summed E-state index contributed by atoms with van der Waals surface area (Å²) < 4.78 is 5.16. The quantitative estimate of drug-likeness (QED) is 0.635. The number of aliphatic hydroxyl groups excluding tert-OH is 1. The third kappa shape index (κ3) is 3.85. The number of rotatable bonds is 5. The van der Waals surface area contributed by atoms with Gasteiger partial charge in [-0.25, -0.2) is 0 Å². The van der Waals surface area contributed by atoms with Crippen LogP contribution in [0.4, 0.5) is 0 Å². The van der Waals surface area contributed by atoms with Crippen molar-refractivity contribution in [1.29, 1.82) is 0 Å². The minimum atomic E-state index is -0.202. The van der Waals surface area contributed by atoms with E-state index in [-0.39, 0.29) is 12.0 Å². The zero-order chi connectivity index (χ0) is 7.98. The third-order valence-corrected chi connectivity index (χ3v) is 1.66. The summed E-state index contributed by atoms with van der Waals surface area (Å²) in [7, 11) is 0. The molecule has 2 unspecified atom stereocenters. The largest absolute Gasteiger partial charge is 0.393 e. The minimum absolute atomic E-state index is 0.202. The number of hydrogen-bond acceptors (Lipinski definition) is 2. The molecule has 2 heteroatoms. The van der Waals surface area contributed by atoms with E-state index in [2.05, 4.69) is 0 Å². The van der Waals surface area contributed by atoms with Gasteiger partial charge in [0, 0.05) is 12.5 Å². The Kier molecular flexibility index (Phi) is 5.64. The molecule has 0 aromatic heterocycles. The Morgan fingerprint density at radius 2 is 2.00 bits per heavy atom. The second-order valence-electron chi connectivity index (χ2n) is 2.61. The molecule has 0 aliphatic rings. The second-order valence-corrected chi connectivity index (χ2v) is 2.61. The highest BCUT2D eigenvalue weighted by Gasteiger charge is 2.10. The summed E-state index contributed by atoms with van der Waals surface area (Å²) >= 11 is 0. The third-order valence-electron chi connectivity index (χ3n) is 1.66. The first-order valence-electron chi connectivity index (χ1n) is 3.98. The van der Waals surface area contributed by atoms with Crippen molar-refractivity contribution in [2.75, 3.05) is 13.2 Å². The predicted molar refractivity (Wildman–Crippen MR) is 42.0 cm³/mol. The van der Waals surface area contributed by atoms with E-state index in [1.165, 1.54) is 0 Å². The summed E-state index contributed by atoms with van der Waals surface area (Å²) in [6.07, 6.45) is 0.611. The molecule has 0 radical (unpaired) electrons. The maximum Gasteiger partial charge on any atom is 0.0585 e. The highest BCUT2D eigenvalue weighted by atomic mass is 16.5. The van der Waals surface area contributed by atoms with Gasteiger partial charge in [0.1, 0.15) is 0 Å². The Hall–Kier alpha value is -0.0800. The van der Waals surface area contributed by atoms with Crippen LogP contribution in [0.15, 0.2) is 0 Å². The van der Waals surface area contributed by atoms with Crippen LogP contribution in [0.5, 0.6) is 0 Å². The molecule has 0 aromatic rings. The van der Waals surface area contributed by atoms with Crippen molar-refractivity contribution in [3.8, 4) is 0 Å². The van der Waals surface area contributed by atoms with Gasteiger partial charge in [0.05, 0.1) is 12.7 Å². The fourth-order valence-electron chi connectivity index (χ4n) is 0.817. The molecule has 0 spiro atoms. The summed E-state index contributed by atoms with van der Waals surface area (Å²) in [5, 5.41) is 9.27. The van der Waals surface area contributed by atoms with Gasteiger partial charge in [-0.05, 0) is 13.3 Å². The molecule has 0 bridgehead atoms. The number of aliphatic hydroxyl groups is 1. The van der Waals surface area contributed by atoms with Crippen LogP contribution in [0.3, 0.4) is 0 Å². The zero-order valence-corrected chi connectivity index (χ0v) is 7.13. The standard InChI is InChI=1S/C8H18O2/c1-4-8(9)7(3)6-10-5-2/h7-9H,4-6H2,1-3H3. The van der Waals surface area contributed by atoms with Crippen LogP contribution in [-0.2, 0) is 4.74 Å². The Balaban J connectivity index is 3.31. The van der Waals surface area contributed by atoms with Gasteiger partial charge in [-0.15, -0.1) is 0 Å². The molecule has 0 saturated heterocycles. The molecular weight excluding hydrogens is 128 g/mol. The smallest absolute Gasteiger partial charge is 0.0585 e. The Morgan fingerprint density at radius 3 is 2.40 bits per heavy atom.